The van der Waals surface area contributed by atoms with Gasteiger partial charge in [0.2, 0.25) is 10.9 Å². The Bertz CT molecular complexity index is 916. The van der Waals surface area contributed by atoms with Crippen molar-refractivity contribution in [1.82, 2.24) is 14.9 Å². The van der Waals surface area contributed by atoms with E-state index < -0.39 is 0 Å². The number of benzene rings is 2. The maximum Gasteiger partial charge on any atom is 0.212 e. The number of ether oxygens (including phenoxy) is 3. The van der Waals surface area contributed by atoms with Gasteiger partial charge >= 0.3 is 0 Å². The van der Waals surface area contributed by atoms with E-state index in [1.165, 1.54) is 11.8 Å². The van der Waals surface area contributed by atoms with E-state index in [2.05, 4.69) is 15.3 Å². The fourth-order valence-electron chi connectivity index (χ4n) is 2.55. The van der Waals surface area contributed by atoms with E-state index in [0.29, 0.717) is 28.2 Å². The van der Waals surface area contributed by atoms with E-state index in [1.807, 2.05) is 48.7 Å². The van der Waals surface area contributed by atoms with Crippen molar-refractivity contribution in [3.8, 4) is 28.6 Å². The minimum absolute atomic E-state index is 0.521. The Balaban J connectivity index is 2.10. The summed E-state index contributed by atoms with van der Waals surface area (Å²) in [5.41, 5.74) is 1.73. The van der Waals surface area contributed by atoms with Crippen LogP contribution >= 0.6 is 11.8 Å². The molecule has 3 aromatic rings. The van der Waals surface area contributed by atoms with Crippen LogP contribution in [-0.4, -0.2) is 48.7 Å². The summed E-state index contributed by atoms with van der Waals surface area (Å²) in [5, 5.41) is 13.8. The average molecular weight is 384 g/mol. The predicted octanol–water partition coefficient (Wildman–Crippen LogP) is 3.58. The molecule has 0 aliphatic rings. The summed E-state index contributed by atoms with van der Waals surface area (Å²) in [6, 6.07) is 13.5. The van der Waals surface area contributed by atoms with Gasteiger partial charge in [0.15, 0.2) is 17.3 Å². The lowest BCUT2D eigenvalue weighted by Gasteiger charge is -2.13. The Morgan fingerprint density at radius 2 is 1.63 bits per heavy atom. The molecule has 0 aliphatic carbocycles. The molecule has 7 nitrogen and oxygen atoms in total. The number of hydrogen-bond acceptors (Lipinski definition) is 7. The Morgan fingerprint density at radius 3 is 2.19 bits per heavy atom. The Labute approximate surface area is 162 Å². The molecule has 0 spiro atoms. The molecule has 3 rings (SSSR count). The van der Waals surface area contributed by atoms with E-state index in [1.54, 1.807) is 32.2 Å². The minimum atomic E-state index is 0.521. The van der Waals surface area contributed by atoms with Crippen LogP contribution in [0.5, 0.6) is 17.2 Å². The van der Waals surface area contributed by atoms with Crippen molar-refractivity contribution in [2.75, 3.05) is 27.6 Å². The van der Waals surface area contributed by atoms with Crippen molar-refractivity contribution in [3.63, 3.8) is 0 Å². The third kappa shape index (κ3) is 3.90. The van der Waals surface area contributed by atoms with Gasteiger partial charge in [-0.2, -0.15) is 9.78 Å². The van der Waals surface area contributed by atoms with Crippen LogP contribution in [0.15, 0.2) is 52.7 Å². The molecule has 140 valence electrons. The summed E-state index contributed by atoms with van der Waals surface area (Å²) in [5.74, 6) is 2.18. The van der Waals surface area contributed by atoms with Gasteiger partial charge < -0.3 is 14.2 Å². The molecular formula is C19H20N4O3S. The third-order valence-electron chi connectivity index (χ3n) is 3.84. The van der Waals surface area contributed by atoms with Gasteiger partial charge in [-0.05, 0) is 24.0 Å². The quantitative estimate of drug-likeness (QED) is 0.458. The van der Waals surface area contributed by atoms with Crippen LogP contribution in [0.1, 0.15) is 5.56 Å². The largest absolute Gasteiger partial charge is 0.493 e. The van der Waals surface area contributed by atoms with Gasteiger partial charge in [0.25, 0.3) is 0 Å². The Kier molecular flexibility index (Phi) is 5.97. The number of rotatable bonds is 7. The van der Waals surface area contributed by atoms with E-state index in [4.69, 9.17) is 14.2 Å². The monoisotopic (exact) mass is 384 g/mol. The molecule has 0 bridgehead atoms. The molecule has 0 saturated heterocycles. The van der Waals surface area contributed by atoms with Crippen LogP contribution in [-0.2, 0) is 0 Å². The molecule has 0 atom stereocenters. The highest BCUT2D eigenvalue weighted by Crippen LogP contribution is 2.41. The van der Waals surface area contributed by atoms with Crippen LogP contribution < -0.4 is 14.2 Å². The Hall–Kier alpha value is -3.00. The second-order valence-electron chi connectivity index (χ2n) is 5.39. The number of thioether (sulfide) groups is 1. The fourth-order valence-corrected chi connectivity index (χ4v) is 2.98. The van der Waals surface area contributed by atoms with Crippen LogP contribution in [0.4, 0.5) is 0 Å². The topological polar surface area (TPSA) is 70.8 Å². The molecule has 0 radical (unpaired) electrons. The van der Waals surface area contributed by atoms with Gasteiger partial charge in [0.05, 0.1) is 27.5 Å². The first kappa shape index (κ1) is 18.8. The molecule has 0 unspecified atom stereocenters. The molecule has 0 fully saturated rings. The second-order valence-corrected chi connectivity index (χ2v) is 6.16. The van der Waals surface area contributed by atoms with E-state index in [9.17, 15) is 0 Å². The lowest BCUT2D eigenvalue weighted by molar-refractivity contribution is 0.324. The fraction of sp³-hybridized carbons (Fsp3) is 0.211. The van der Waals surface area contributed by atoms with E-state index >= 15 is 0 Å². The highest BCUT2D eigenvalue weighted by atomic mass is 32.2. The number of aromatic nitrogens is 3. The van der Waals surface area contributed by atoms with Crippen LogP contribution in [0.3, 0.4) is 0 Å². The van der Waals surface area contributed by atoms with Crippen molar-refractivity contribution in [2.45, 2.75) is 5.16 Å². The van der Waals surface area contributed by atoms with Gasteiger partial charge in [-0.25, -0.2) is 0 Å². The van der Waals surface area contributed by atoms with Crippen molar-refractivity contribution < 1.29 is 14.2 Å². The summed E-state index contributed by atoms with van der Waals surface area (Å²) >= 11 is 1.46. The van der Waals surface area contributed by atoms with Crippen molar-refractivity contribution >= 4 is 18.0 Å². The smallest absolute Gasteiger partial charge is 0.212 e. The maximum absolute atomic E-state index is 5.44. The Morgan fingerprint density at radius 1 is 0.963 bits per heavy atom. The zero-order valence-electron chi connectivity index (χ0n) is 15.5. The van der Waals surface area contributed by atoms with Crippen molar-refractivity contribution in [1.29, 1.82) is 0 Å². The molecule has 1 heterocycles. The van der Waals surface area contributed by atoms with Gasteiger partial charge in [-0.1, -0.05) is 42.1 Å². The van der Waals surface area contributed by atoms with Crippen LogP contribution in [0.25, 0.3) is 11.4 Å². The van der Waals surface area contributed by atoms with Gasteiger partial charge in [-0.15, -0.1) is 10.2 Å². The van der Waals surface area contributed by atoms with Crippen molar-refractivity contribution in [2.24, 2.45) is 5.10 Å². The molecule has 0 N–H and O–H groups in total. The lowest BCUT2D eigenvalue weighted by atomic mass is 10.1. The van der Waals surface area contributed by atoms with Gasteiger partial charge in [0, 0.05) is 5.56 Å². The maximum atomic E-state index is 5.44. The average Bonchev–Trinajstić information content (AvgIpc) is 3.14. The molecule has 27 heavy (non-hydrogen) atoms. The summed E-state index contributed by atoms with van der Waals surface area (Å²) in [4.78, 5) is 0. The van der Waals surface area contributed by atoms with Crippen molar-refractivity contribution in [3.05, 3.63) is 48.0 Å². The number of hydrogen-bond donors (Lipinski definition) is 0. The minimum Gasteiger partial charge on any atom is -0.493 e. The highest BCUT2D eigenvalue weighted by Gasteiger charge is 2.19. The standard InChI is InChI=1S/C19H20N4O3S/c1-24-15-10-14(11-16(25-2)17(15)26-3)18-21-22-19(27-4)23(18)20-12-13-8-6-5-7-9-13/h5-12H,1-4H3/b20-12+. The van der Waals surface area contributed by atoms with E-state index in [0.717, 1.165) is 11.1 Å². The first-order valence-electron chi connectivity index (χ1n) is 8.11. The molecule has 0 aliphatic heterocycles. The molecule has 1 aromatic heterocycles. The number of nitrogens with zero attached hydrogens (tertiary/aromatic N) is 4. The van der Waals surface area contributed by atoms with Gasteiger partial charge in [-0.3, -0.25) is 0 Å². The summed E-state index contributed by atoms with van der Waals surface area (Å²) in [6.45, 7) is 0. The highest BCUT2D eigenvalue weighted by molar-refractivity contribution is 7.98. The zero-order valence-corrected chi connectivity index (χ0v) is 16.4. The third-order valence-corrected chi connectivity index (χ3v) is 4.46. The first-order chi connectivity index (χ1) is 13.2. The number of methoxy groups -OCH3 is 3. The van der Waals surface area contributed by atoms with E-state index in [-0.39, 0.29) is 0 Å². The molecule has 8 heteroatoms. The lowest BCUT2D eigenvalue weighted by Crippen LogP contribution is -1.99. The zero-order chi connectivity index (χ0) is 19.2. The SMILES string of the molecule is COc1cc(-c2nnc(SC)n2/N=C/c2ccccc2)cc(OC)c1OC. The van der Waals surface area contributed by atoms with Gasteiger partial charge in [0.1, 0.15) is 0 Å². The molecular weight excluding hydrogens is 364 g/mol. The van der Waals surface area contributed by atoms with Crippen LogP contribution in [0.2, 0.25) is 0 Å². The summed E-state index contributed by atoms with van der Waals surface area (Å²) in [6.07, 6.45) is 3.70. The summed E-state index contributed by atoms with van der Waals surface area (Å²) < 4.78 is 18.0. The normalized spacial score (nSPS) is 11.0. The first-order valence-corrected chi connectivity index (χ1v) is 9.33. The molecule has 2 aromatic carbocycles. The molecule has 0 saturated carbocycles. The predicted molar refractivity (Wildman–Crippen MR) is 106 cm³/mol. The summed E-state index contributed by atoms with van der Waals surface area (Å²) in [7, 11) is 4.72. The van der Waals surface area contributed by atoms with Crippen LogP contribution in [0, 0.1) is 0 Å². The molecule has 0 amide bonds. The second kappa shape index (κ2) is 8.59.